The second kappa shape index (κ2) is 6.07. The Morgan fingerprint density at radius 3 is 2.57 bits per heavy atom. The Labute approximate surface area is 128 Å². The molecule has 0 aliphatic carbocycles. The van der Waals surface area contributed by atoms with Crippen molar-refractivity contribution in [3.63, 3.8) is 0 Å². The van der Waals surface area contributed by atoms with Crippen LogP contribution in [0.25, 0.3) is 0 Å². The fraction of sp³-hybridized carbons (Fsp3) is 0.667. The zero-order chi connectivity index (χ0) is 14.9. The van der Waals surface area contributed by atoms with E-state index >= 15 is 0 Å². The summed E-state index contributed by atoms with van der Waals surface area (Å²) >= 11 is 0. The molecule has 116 valence electrons. The van der Waals surface area contributed by atoms with Gasteiger partial charge < -0.3 is 10.0 Å². The van der Waals surface area contributed by atoms with Crippen LogP contribution >= 0.6 is 0 Å². The monoisotopic (exact) mass is 288 g/mol. The van der Waals surface area contributed by atoms with E-state index in [1.807, 2.05) is 0 Å². The van der Waals surface area contributed by atoms with Crippen LogP contribution in [0.3, 0.4) is 0 Å². The Morgan fingerprint density at radius 2 is 1.95 bits per heavy atom. The quantitative estimate of drug-likeness (QED) is 0.923. The SMILES string of the molecule is CC[C@H](c1ccccc1)N1CCCC[C@H]1C1(O)CN(C)C1. The third kappa shape index (κ3) is 2.87. The molecule has 1 aromatic rings. The van der Waals surface area contributed by atoms with E-state index in [0.29, 0.717) is 12.1 Å². The molecule has 21 heavy (non-hydrogen) atoms. The van der Waals surface area contributed by atoms with Gasteiger partial charge >= 0.3 is 0 Å². The van der Waals surface area contributed by atoms with Crippen molar-refractivity contribution in [1.82, 2.24) is 9.80 Å². The lowest BCUT2D eigenvalue weighted by molar-refractivity contribution is -0.154. The molecule has 1 N–H and O–H groups in total. The molecule has 3 rings (SSSR count). The predicted molar refractivity (Wildman–Crippen MR) is 86.3 cm³/mol. The summed E-state index contributed by atoms with van der Waals surface area (Å²) in [6.45, 7) is 5.02. The number of β-amino-alcohol motifs (C(OH)–C–C–N with tert-alkyl or cyclic N) is 1. The number of likely N-dealkylation sites (N-methyl/N-ethyl adjacent to an activating group) is 1. The van der Waals surface area contributed by atoms with Gasteiger partial charge in [-0.25, -0.2) is 0 Å². The van der Waals surface area contributed by atoms with Crippen molar-refractivity contribution in [2.45, 2.75) is 50.3 Å². The molecule has 0 saturated carbocycles. The van der Waals surface area contributed by atoms with E-state index in [9.17, 15) is 5.11 Å². The summed E-state index contributed by atoms with van der Waals surface area (Å²) in [4.78, 5) is 4.81. The van der Waals surface area contributed by atoms with Gasteiger partial charge in [-0.2, -0.15) is 0 Å². The van der Waals surface area contributed by atoms with E-state index in [2.05, 4.69) is 54.1 Å². The highest BCUT2D eigenvalue weighted by Gasteiger charge is 2.49. The third-order valence-corrected chi connectivity index (χ3v) is 5.22. The van der Waals surface area contributed by atoms with Gasteiger partial charge in [-0.1, -0.05) is 43.7 Å². The van der Waals surface area contributed by atoms with Gasteiger partial charge in [-0.3, -0.25) is 4.90 Å². The van der Waals surface area contributed by atoms with Gasteiger partial charge in [0.25, 0.3) is 0 Å². The number of nitrogens with zero attached hydrogens (tertiary/aromatic N) is 2. The Bertz CT molecular complexity index is 456. The third-order valence-electron chi connectivity index (χ3n) is 5.22. The number of hydrogen-bond donors (Lipinski definition) is 1. The molecule has 0 bridgehead atoms. The lowest BCUT2D eigenvalue weighted by Crippen LogP contribution is -2.70. The molecule has 1 aromatic carbocycles. The number of hydrogen-bond acceptors (Lipinski definition) is 3. The van der Waals surface area contributed by atoms with Gasteiger partial charge in [-0.05, 0) is 38.4 Å². The van der Waals surface area contributed by atoms with E-state index in [1.54, 1.807) is 0 Å². The normalized spacial score (nSPS) is 28.0. The Morgan fingerprint density at radius 1 is 1.24 bits per heavy atom. The van der Waals surface area contributed by atoms with Crippen LogP contribution in [0.2, 0.25) is 0 Å². The van der Waals surface area contributed by atoms with E-state index < -0.39 is 5.60 Å². The van der Waals surface area contributed by atoms with Gasteiger partial charge in [0.1, 0.15) is 5.60 Å². The summed E-state index contributed by atoms with van der Waals surface area (Å²) in [6, 6.07) is 11.6. The van der Waals surface area contributed by atoms with Crippen molar-refractivity contribution in [2.24, 2.45) is 0 Å². The first-order valence-corrected chi connectivity index (χ1v) is 8.35. The molecular formula is C18H28N2O. The molecular weight excluding hydrogens is 260 g/mol. The van der Waals surface area contributed by atoms with E-state index in [-0.39, 0.29) is 0 Å². The van der Waals surface area contributed by atoms with Crippen LogP contribution in [0.4, 0.5) is 0 Å². The Kier molecular flexibility index (Phi) is 4.34. The van der Waals surface area contributed by atoms with Crippen LogP contribution in [0.5, 0.6) is 0 Å². The summed E-state index contributed by atoms with van der Waals surface area (Å²) < 4.78 is 0. The van der Waals surface area contributed by atoms with E-state index in [1.165, 1.54) is 18.4 Å². The molecule has 2 saturated heterocycles. The highest BCUT2D eigenvalue weighted by Crippen LogP contribution is 2.38. The summed E-state index contributed by atoms with van der Waals surface area (Å²) in [7, 11) is 2.09. The lowest BCUT2D eigenvalue weighted by Gasteiger charge is -2.55. The molecule has 2 heterocycles. The summed E-state index contributed by atoms with van der Waals surface area (Å²) in [5.74, 6) is 0. The van der Waals surface area contributed by atoms with Crippen LogP contribution in [0.15, 0.2) is 30.3 Å². The Balaban J connectivity index is 1.83. The number of benzene rings is 1. The van der Waals surface area contributed by atoms with Crippen molar-refractivity contribution in [1.29, 1.82) is 0 Å². The average Bonchev–Trinajstić information content (AvgIpc) is 2.48. The maximum absolute atomic E-state index is 11.0. The molecule has 2 fully saturated rings. The molecule has 0 amide bonds. The summed E-state index contributed by atoms with van der Waals surface area (Å²) in [5.41, 5.74) is 0.889. The second-order valence-corrected chi connectivity index (χ2v) is 6.86. The van der Waals surface area contributed by atoms with E-state index in [0.717, 1.165) is 32.5 Å². The Hall–Kier alpha value is -0.900. The van der Waals surface area contributed by atoms with Crippen molar-refractivity contribution in [2.75, 3.05) is 26.7 Å². The van der Waals surface area contributed by atoms with Crippen molar-refractivity contribution in [3.05, 3.63) is 35.9 Å². The van der Waals surface area contributed by atoms with Gasteiger partial charge in [-0.15, -0.1) is 0 Å². The number of aliphatic hydroxyl groups is 1. The molecule has 2 atom stereocenters. The molecule has 0 unspecified atom stereocenters. The highest BCUT2D eigenvalue weighted by molar-refractivity contribution is 5.20. The molecule has 0 aromatic heterocycles. The van der Waals surface area contributed by atoms with Gasteiger partial charge in [0.05, 0.1) is 0 Å². The maximum Gasteiger partial charge on any atom is 0.105 e. The minimum absolute atomic E-state index is 0.313. The number of likely N-dealkylation sites (tertiary alicyclic amines) is 2. The average molecular weight is 288 g/mol. The number of rotatable bonds is 4. The first kappa shape index (κ1) is 15.0. The largest absolute Gasteiger partial charge is 0.386 e. The molecule has 0 spiro atoms. The number of piperidine rings is 1. The fourth-order valence-electron chi connectivity index (χ4n) is 4.34. The van der Waals surface area contributed by atoms with Gasteiger partial charge in [0, 0.05) is 25.2 Å². The lowest BCUT2D eigenvalue weighted by atomic mass is 9.79. The minimum atomic E-state index is -0.503. The van der Waals surface area contributed by atoms with Crippen LogP contribution < -0.4 is 0 Å². The smallest absolute Gasteiger partial charge is 0.105 e. The zero-order valence-electron chi connectivity index (χ0n) is 13.3. The van der Waals surface area contributed by atoms with Gasteiger partial charge in [0.15, 0.2) is 0 Å². The van der Waals surface area contributed by atoms with Crippen molar-refractivity contribution < 1.29 is 5.11 Å². The van der Waals surface area contributed by atoms with Crippen molar-refractivity contribution in [3.8, 4) is 0 Å². The molecule has 2 aliphatic rings. The first-order chi connectivity index (χ1) is 10.1. The fourth-order valence-corrected chi connectivity index (χ4v) is 4.34. The molecule has 3 nitrogen and oxygen atoms in total. The van der Waals surface area contributed by atoms with Gasteiger partial charge in [0.2, 0.25) is 0 Å². The highest BCUT2D eigenvalue weighted by atomic mass is 16.3. The second-order valence-electron chi connectivity index (χ2n) is 6.86. The topological polar surface area (TPSA) is 26.7 Å². The molecule has 2 aliphatic heterocycles. The van der Waals surface area contributed by atoms with Crippen LogP contribution in [0.1, 0.15) is 44.2 Å². The van der Waals surface area contributed by atoms with Crippen LogP contribution in [-0.4, -0.2) is 53.2 Å². The van der Waals surface area contributed by atoms with Crippen LogP contribution in [0, 0.1) is 0 Å². The minimum Gasteiger partial charge on any atom is -0.386 e. The zero-order valence-corrected chi connectivity index (χ0v) is 13.3. The summed E-state index contributed by atoms with van der Waals surface area (Å²) in [6.07, 6.45) is 4.74. The predicted octanol–water partition coefficient (Wildman–Crippen LogP) is 2.67. The molecule has 3 heteroatoms. The standard InChI is InChI=1S/C18H28N2O/c1-3-16(15-9-5-4-6-10-15)20-12-8-7-11-17(20)18(21)13-19(2)14-18/h4-6,9-10,16-17,21H,3,7-8,11-14H2,1-2H3/t16-,17+/m1/s1. The summed E-state index contributed by atoms with van der Waals surface area (Å²) in [5, 5.41) is 11.0. The first-order valence-electron chi connectivity index (χ1n) is 8.35. The maximum atomic E-state index is 11.0. The van der Waals surface area contributed by atoms with E-state index in [4.69, 9.17) is 0 Å². The molecule has 0 radical (unpaired) electrons. The van der Waals surface area contributed by atoms with Crippen LogP contribution in [-0.2, 0) is 0 Å². The van der Waals surface area contributed by atoms with Crippen molar-refractivity contribution >= 4 is 0 Å².